The number of hydrogen-bond acceptors (Lipinski definition) is 3. The van der Waals surface area contributed by atoms with Crippen molar-refractivity contribution in [3.05, 3.63) is 59.2 Å². The Bertz CT molecular complexity index is 730. The molecule has 2 nitrogen and oxygen atoms in total. The van der Waals surface area contributed by atoms with Crippen molar-refractivity contribution in [2.75, 3.05) is 5.73 Å². The molecule has 0 amide bonds. The Balaban J connectivity index is 2.02. The van der Waals surface area contributed by atoms with Crippen molar-refractivity contribution in [2.24, 2.45) is 0 Å². The van der Waals surface area contributed by atoms with Gasteiger partial charge in [0, 0.05) is 16.3 Å². The third-order valence-corrected chi connectivity index (χ3v) is 4.57. The number of aromatic nitrogens is 1. The predicted octanol–water partition coefficient (Wildman–Crippen LogP) is 5.02. The predicted molar refractivity (Wildman–Crippen MR) is 87.1 cm³/mol. The number of thiazole rings is 1. The average molecular weight is 301 g/mol. The smallest absolute Gasteiger partial charge is 0.124 e. The first-order valence-electron chi connectivity index (χ1n) is 6.23. The maximum absolute atomic E-state index is 5.93. The zero-order chi connectivity index (χ0) is 14.1. The van der Waals surface area contributed by atoms with Crippen molar-refractivity contribution in [2.45, 2.75) is 6.92 Å². The van der Waals surface area contributed by atoms with E-state index >= 15 is 0 Å². The van der Waals surface area contributed by atoms with Crippen LogP contribution in [0.1, 0.15) is 5.69 Å². The molecule has 0 spiro atoms. The van der Waals surface area contributed by atoms with Gasteiger partial charge in [-0.05, 0) is 48.9 Å². The molecule has 3 aromatic rings. The first-order valence-corrected chi connectivity index (χ1v) is 7.42. The van der Waals surface area contributed by atoms with Gasteiger partial charge in [0.25, 0.3) is 0 Å². The zero-order valence-corrected chi connectivity index (χ0v) is 12.5. The Labute approximate surface area is 126 Å². The first kappa shape index (κ1) is 13.2. The lowest BCUT2D eigenvalue weighted by molar-refractivity contribution is 1.27. The van der Waals surface area contributed by atoms with Gasteiger partial charge in [-0.25, -0.2) is 4.98 Å². The van der Waals surface area contributed by atoms with Crippen LogP contribution in [0.25, 0.3) is 21.0 Å². The molecule has 0 atom stereocenters. The van der Waals surface area contributed by atoms with Crippen molar-refractivity contribution in [1.82, 2.24) is 4.98 Å². The summed E-state index contributed by atoms with van der Waals surface area (Å²) in [5.74, 6) is 0. The minimum absolute atomic E-state index is 0.745. The van der Waals surface area contributed by atoms with Crippen LogP contribution >= 0.6 is 22.9 Å². The summed E-state index contributed by atoms with van der Waals surface area (Å²) in [6.07, 6.45) is 0. The summed E-state index contributed by atoms with van der Waals surface area (Å²) < 4.78 is 0. The van der Waals surface area contributed by atoms with Crippen LogP contribution in [-0.4, -0.2) is 4.98 Å². The summed E-state index contributed by atoms with van der Waals surface area (Å²) in [6, 6.07) is 15.6. The number of rotatable bonds is 2. The molecule has 20 heavy (non-hydrogen) atoms. The Morgan fingerprint density at radius 1 is 0.950 bits per heavy atom. The van der Waals surface area contributed by atoms with E-state index in [0.29, 0.717) is 0 Å². The van der Waals surface area contributed by atoms with Crippen LogP contribution < -0.4 is 5.73 Å². The molecule has 3 rings (SSSR count). The largest absolute Gasteiger partial charge is 0.399 e. The maximum atomic E-state index is 5.93. The van der Waals surface area contributed by atoms with E-state index in [1.165, 1.54) is 4.88 Å². The summed E-state index contributed by atoms with van der Waals surface area (Å²) in [6.45, 7) is 2.03. The second-order valence-corrected chi connectivity index (χ2v) is 6.00. The van der Waals surface area contributed by atoms with Crippen LogP contribution in [-0.2, 0) is 0 Å². The number of aryl methyl sites for hydroxylation is 1. The van der Waals surface area contributed by atoms with Gasteiger partial charge in [-0.15, -0.1) is 11.3 Å². The fourth-order valence-electron chi connectivity index (χ4n) is 2.01. The molecule has 0 bridgehead atoms. The summed E-state index contributed by atoms with van der Waals surface area (Å²) in [4.78, 5) is 5.83. The molecule has 0 aliphatic heterocycles. The van der Waals surface area contributed by atoms with Crippen molar-refractivity contribution in [3.8, 4) is 21.0 Å². The van der Waals surface area contributed by atoms with E-state index in [1.54, 1.807) is 11.3 Å². The minimum Gasteiger partial charge on any atom is -0.399 e. The lowest BCUT2D eigenvalue weighted by Gasteiger charge is -1.98. The lowest BCUT2D eigenvalue weighted by atomic mass is 10.1. The summed E-state index contributed by atoms with van der Waals surface area (Å²) in [5.41, 5.74) is 9.75. The third-order valence-electron chi connectivity index (χ3n) is 3.06. The van der Waals surface area contributed by atoms with Gasteiger partial charge >= 0.3 is 0 Å². The number of benzene rings is 2. The van der Waals surface area contributed by atoms with Gasteiger partial charge < -0.3 is 5.73 Å². The van der Waals surface area contributed by atoms with Crippen molar-refractivity contribution in [3.63, 3.8) is 0 Å². The van der Waals surface area contributed by atoms with Crippen molar-refractivity contribution in [1.29, 1.82) is 0 Å². The normalized spacial score (nSPS) is 10.7. The van der Waals surface area contributed by atoms with Crippen molar-refractivity contribution >= 4 is 28.6 Å². The summed E-state index contributed by atoms with van der Waals surface area (Å²) >= 11 is 7.61. The van der Waals surface area contributed by atoms with Crippen LogP contribution in [0.5, 0.6) is 0 Å². The van der Waals surface area contributed by atoms with Crippen LogP contribution in [0.3, 0.4) is 0 Å². The Kier molecular flexibility index (Phi) is 3.47. The van der Waals surface area contributed by atoms with E-state index in [9.17, 15) is 0 Å². The Morgan fingerprint density at radius 2 is 1.55 bits per heavy atom. The van der Waals surface area contributed by atoms with Crippen LogP contribution in [0.4, 0.5) is 5.69 Å². The van der Waals surface area contributed by atoms with E-state index in [4.69, 9.17) is 17.3 Å². The highest BCUT2D eigenvalue weighted by atomic mass is 35.5. The van der Waals surface area contributed by atoms with Gasteiger partial charge in [-0.1, -0.05) is 23.7 Å². The summed E-state index contributed by atoms with van der Waals surface area (Å²) in [5, 5.41) is 1.75. The second kappa shape index (κ2) is 5.27. The molecule has 0 aliphatic rings. The highest BCUT2D eigenvalue weighted by molar-refractivity contribution is 7.18. The number of anilines is 1. The van der Waals surface area contributed by atoms with Gasteiger partial charge in [-0.3, -0.25) is 0 Å². The molecule has 0 saturated heterocycles. The SMILES string of the molecule is Cc1nc(-c2ccc(N)cc2)sc1-c1ccc(Cl)cc1. The van der Waals surface area contributed by atoms with E-state index in [1.807, 2.05) is 55.5 Å². The van der Waals surface area contributed by atoms with Crippen LogP contribution in [0.15, 0.2) is 48.5 Å². The molecule has 1 aromatic heterocycles. The monoisotopic (exact) mass is 300 g/mol. The minimum atomic E-state index is 0.745. The molecule has 2 N–H and O–H groups in total. The molecule has 100 valence electrons. The fourth-order valence-corrected chi connectivity index (χ4v) is 3.22. The second-order valence-electron chi connectivity index (χ2n) is 4.56. The van der Waals surface area contributed by atoms with Crippen LogP contribution in [0, 0.1) is 6.92 Å². The zero-order valence-electron chi connectivity index (χ0n) is 10.9. The average Bonchev–Trinajstić information content (AvgIpc) is 2.82. The molecular formula is C16H13ClN2S. The lowest BCUT2D eigenvalue weighted by Crippen LogP contribution is -1.83. The molecule has 1 heterocycles. The summed E-state index contributed by atoms with van der Waals surface area (Å²) in [7, 11) is 0. The third kappa shape index (κ3) is 2.55. The van der Waals surface area contributed by atoms with E-state index < -0.39 is 0 Å². The van der Waals surface area contributed by atoms with Gasteiger partial charge in [0.05, 0.1) is 10.6 Å². The topological polar surface area (TPSA) is 38.9 Å². The van der Waals surface area contributed by atoms with Gasteiger partial charge in [0.15, 0.2) is 0 Å². The fraction of sp³-hybridized carbons (Fsp3) is 0.0625. The quantitative estimate of drug-likeness (QED) is 0.675. The van der Waals surface area contributed by atoms with E-state index in [2.05, 4.69) is 4.98 Å². The maximum Gasteiger partial charge on any atom is 0.124 e. The van der Waals surface area contributed by atoms with Gasteiger partial charge in [0.1, 0.15) is 5.01 Å². The molecular weight excluding hydrogens is 288 g/mol. The number of halogens is 1. The highest BCUT2D eigenvalue weighted by Gasteiger charge is 2.11. The Hall–Kier alpha value is -1.84. The van der Waals surface area contributed by atoms with Crippen LogP contribution in [0.2, 0.25) is 5.02 Å². The molecule has 2 aromatic carbocycles. The van der Waals surface area contributed by atoms with E-state index in [-0.39, 0.29) is 0 Å². The standard InChI is InChI=1S/C16H13ClN2S/c1-10-15(11-2-6-13(17)7-3-11)20-16(19-10)12-4-8-14(18)9-5-12/h2-9H,18H2,1H3. The van der Waals surface area contributed by atoms with Gasteiger partial charge in [-0.2, -0.15) is 0 Å². The Morgan fingerprint density at radius 3 is 2.20 bits per heavy atom. The molecule has 0 unspecified atom stereocenters. The molecule has 0 aliphatic carbocycles. The highest BCUT2D eigenvalue weighted by Crippen LogP contribution is 2.35. The van der Waals surface area contributed by atoms with Crippen molar-refractivity contribution < 1.29 is 0 Å². The molecule has 0 saturated carbocycles. The van der Waals surface area contributed by atoms with E-state index in [0.717, 1.165) is 32.5 Å². The first-order chi connectivity index (χ1) is 9.63. The number of nitrogens with zero attached hydrogens (tertiary/aromatic N) is 1. The number of nitrogen functional groups attached to an aromatic ring is 1. The molecule has 4 heteroatoms. The van der Waals surface area contributed by atoms with Gasteiger partial charge in [0.2, 0.25) is 0 Å². The number of nitrogens with two attached hydrogens (primary N) is 1. The number of hydrogen-bond donors (Lipinski definition) is 1. The molecule has 0 radical (unpaired) electrons. The molecule has 0 fully saturated rings.